The summed E-state index contributed by atoms with van der Waals surface area (Å²) in [5, 5.41) is 0. The average molecular weight is 333 g/mol. The molecule has 0 saturated heterocycles. The minimum Gasteiger partial charge on any atom is -0.495 e. The van der Waals surface area contributed by atoms with Gasteiger partial charge in [0.25, 0.3) is 0 Å². The summed E-state index contributed by atoms with van der Waals surface area (Å²) in [4.78, 5) is 0. The number of hydrogen-bond donors (Lipinski definition) is 0. The molecule has 4 aliphatic rings. The summed E-state index contributed by atoms with van der Waals surface area (Å²) >= 11 is 0. The van der Waals surface area contributed by atoms with Crippen molar-refractivity contribution in [3.05, 3.63) is 23.7 Å². The summed E-state index contributed by atoms with van der Waals surface area (Å²) in [5.41, 5.74) is 1.52. The molecular formula is C20H32O2Si. The van der Waals surface area contributed by atoms with Gasteiger partial charge in [0.05, 0.1) is 19.6 Å². The molecule has 0 aromatic heterocycles. The van der Waals surface area contributed by atoms with E-state index in [2.05, 4.69) is 52.9 Å². The lowest BCUT2D eigenvalue weighted by molar-refractivity contribution is 0.113. The number of fused-ring (bicyclic) bond motifs is 2. The van der Waals surface area contributed by atoms with Crippen LogP contribution in [0.3, 0.4) is 0 Å². The molecule has 0 radical (unpaired) electrons. The first-order valence-electron chi connectivity index (χ1n) is 9.49. The number of hydrogen-bond acceptors (Lipinski definition) is 2. The first-order valence-corrected chi connectivity index (χ1v) is 12.6. The summed E-state index contributed by atoms with van der Waals surface area (Å²) in [5.74, 6) is 5.23. The van der Waals surface area contributed by atoms with Crippen LogP contribution in [0.25, 0.3) is 0 Å². The summed E-state index contributed by atoms with van der Waals surface area (Å²) in [6.45, 7) is 14.5. The van der Waals surface area contributed by atoms with E-state index in [4.69, 9.17) is 9.47 Å². The van der Waals surface area contributed by atoms with E-state index in [-0.39, 0.29) is 0 Å². The van der Waals surface area contributed by atoms with E-state index in [0.29, 0.717) is 24.0 Å². The van der Waals surface area contributed by atoms with Gasteiger partial charge < -0.3 is 9.47 Å². The Balaban J connectivity index is 1.63. The van der Waals surface area contributed by atoms with Crippen LogP contribution in [0, 0.1) is 23.7 Å². The van der Waals surface area contributed by atoms with Crippen molar-refractivity contribution in [3.63, 3.8) is 0 Å². The third-order valence-corrected chi connectivity index (χ3v) is 12.6. The Hall–Kier alpha value is -0.703. The number of rotatable bonds is 2. The van der Waals surface area contributed by atoms with Gasteiger partial charge in [-0.15, -0.1) is 0 Å². The summed E-state index contributed by atoms with van der Waals surface area (Å²) < 4.78 is 12.6. The zero-order chi connectivity index (χ0) is 16.5. The zero-order valence-corrected chi connectivity index (χ0v) is 16.5. The molecular weight excluding hydrogens is 300 g/mol. The van der Waals surface area contributed by atoms with E-state index in [9.17, 15) is 0 Å². The molecule has 2 fully saturated rings. The van der Waals surface area contributed by atoms with Crippen molar-refractivity contribution in [3.8, 4) is 0 Å². The van der Waals surface area contributed by atoms with Crippen molar-refractivity contribution in [2.45, 2.75) is 76.9 Å². The van der Waals surface area contributed by atoms with E-state index >= 15 is 0 Å². The Kier molecular flexibility index (Phi) is 3.53. The number of allylic oxidation sites excluding steroid dienone is 2. The summed E-state index contributed by atoms with van der Waals surface area (Å²) in [6.07, 6.45) is 8.32. The zero-order valence-electron chi connectivity index (χ0n) is 15.5. The van der Waals surface area contributed by atoms with Gasteiger partial charge in [-0.25, -0.2) is 0 Å². The van der Waals surface area contributed by atoms with Gasteiger partial charge in [0.1, 0.15) is 12.2 Å². The quantitative estimate of drug-likeness (QED) is 0.634. The van der Waals surface area contributed by atoms with E-state index < -0.39 is 8.07 Å². The fourth-order valence-electron chi connectivity index (χ4n) is 6.89. The molecule has 3 heteroatoms. The van der Waals surface area contributed by atoms with Crippen molar-refractivity contribution in [1.82, 2.24) is 0 Å². The summed E-state index contributed by atoms with van der Waals surface area (Å²) in [7, 11) is -1.51. The molecule has 0 aromatic rings. The highest BCUT2D eigenvalue weighted by atomic mass is 28.3. The van der Waals surface area contributed by atoms with Gasteiger partial charge in [-0.2, -0.15) is 0 Å². The molecule has 2 nitrogen and oxygen atoms in total. The van der Waals surface area contributed by atoms with Crippen LogP contribution in [0.2, 0.25) is 24.2 Å². The molecule has 0 aromatic carbocycles. The second kappa shape index (κ2) is 5.14. The lowest BCUT2D eigenvalue weighted by Crippen LogP contribution is -2.48. The van der Waals surface area contributed by atoms with E-state index in [0.717, 1.165) is 34.4 Å². The first kappa shape index (κ1) is 15.8. The minimum atomic E-state index is -1.51. The fraction of sp³-hybridized carbons (Fsp3) is 0.800. The van der Waals surface area contributed by atoms with E-state index in [1.54, 1.807) is 0 Å². The van der Waals surface area contributed by atoms with Crippen molar-refractivity contribution in [1.29, 1.82) is 0 Å². The molecule has 2 saturated carbocycles. The van der Waals surface area contributed by atoms with Crippen molar-refractivity contribution < 1.29 is 9.47 Å². The smallest absolute Gasteiger partial charge is 0.105 e. The van der Waals surface area contributed by atoms with Gasteiger partial charge in [0.15, 0.2) is 0 Å². The van der Waals surface area contributed by atoms with Crippen LogP contribution in [-0.2, 0) is 9.47 Å². The van der Waals surface area contributed by atoms with Gasteiger partial charge in [0, 0.05) is 11.8 Å². The Morgan fingerprint density at radius 2 is 1.22 bits per heavy atom. The van der Waals surface area contributed by atoms with Crippen LogP contribution < -0.4 is 0 Å². The second-order valence-corrected chi connectivity index (χ2v) is 14.3. The molecule has 8 unspecified atom stereocenters. The second-order valence-electron chi connectivity index (χ2n) is 9.35. The molecule has 0 N–H and O–H groups in total. The molecule has 0 bridgehead atoms. The molecule has 0 spiro atoms. The van der Waals surface area contributed by atoms with Crippen LogP contribution in [0.5, 0.6) is 0 Å². The maximum absolute atomic E-state index is 6.32. The largest absolute Gasteiger partial charge is 0.495 e. The standard InChI is InChI=1S/C20H32O2Si/c1-11-7-15-9-13(3)21-17(15)19(11)23(5,6)20-12(2)8-16-10-14(4)22-18(16)20/h9-12,15-20H,7-8H2,1-6H3. The summed E-state index contributed by atoms with van der Waals surface area (Å²) in [6, 6.07) is 0. The predicted molar refractivity (Wildman–Crippen MR) is 96.8 cm³/mol. The molecule has 128 valence electrons. The van der Waals surface area contributed by atoms with Gasteiger partial charge in [-0.05, 0) is 61.8 Å². The van der Waals surface area contributed by atoms with Crippen LogP contribution in [0.15, 0.2) is 23.7 Å². The lowest BCUT2D eigenvalue weighted by atomic mass is 10.1. The molecule has 8 atom stereocenters. The Morgan fingerprint density at radius 1 is 0.826 bits per heavy atom. The molecule has 2 heterocycles. The average Bonchev–Trinajstić information content (AvgIpc) is 3.06. The van der Waals surface area contributed by atoms with Gasteiger partial charge in [-0.1, -0.05) is 26.9 Å². The molecule has 2 aliphatic heterocycles. The minimum absolute atomic E-state index is 0.452. The third kappa shape index (κ3) is 2.26. The number of ether oxygens (including phenoxy) is 2. The highest BCUT2D eigenvalue weighted by Crippen LogP contribution is 2.60. The molecule has 0 amide bonds. The van der Waals surface area contributed by atoms with E-state index in [1.807, 2.05) is 0 Å². The lowest BCUT2D eigenvalue weighted by Gasteiger charge is -2.44. The maximum atomic E-state index is 6.32. The van der Waals surface area contributed by atoms with Crippen LogP contribution in [0.1, 0.15) is 40.5 Å². The Bertz CT molecular complexity index is 516. The van der Waals surface area contributed by atoms with Gasteiger partial charge in [-0.3, -0.25) is 0 Å². The van der Waals surface area contributed by atoms with Gasteiger partial charge >= 0.3 is 0 Å². The van der Waals surface area contributed by atoms with E-state index in [1.165, 1.54) is 12.8 Å². The highest BCUT2D eigenvalue weighted by Gasteiger charge is 2.60. The van der Waals surface area contributed by atoms with Crippen LogP contribution in [0.4, 0.5) is 0 Å². The van der Waals surface area contributed by atoms with Crippen LogP contribution >= 0.6 is 0 Å². The van der Waals surface area contributed by atoms with Crippen molar-refractivity contribution in [2.75, 3.05) is 0 Å². The van der Waals surface area contributed by atoms with Crippen LogP contribution in [-0.4, -0.2) is 20.3 Å². The molecule has 4 rings (SSSR count). The maximum Gasteiger partial charge on any atom is 0.105 e. The molecule has 23 heavy (non-hydrogen) atoms. The third-order valence-electron chi connectivity index (χ3n) is 7.33. The highest BCUT2D eigenvalue weighted by molar-refractivity contribution is 6.80. The monoisotopic (exact) mass is 332 g/mol. The normalized spacial score (nSPS) is 48.4. The SMILES string of the molecule is CC1=CC2CC(C)C([Si](C)(C)C3C(C)CC4C=C(C)OC43)C2O1. The Labute approximate surface area is 142 Å². The topological polar surface area (TPSA) is 18.5 Å². The predicted octanol–water partition coefficient (Wildman–Crippen LogP) is 5.35. The Morgan fingerprint density at radius 3 is 1.61 bits per heavy atom. The first-order chi connectivity index (χ1) is 10.8. The molecule has 2 aliphatic carbocycles. The fourth-order valence-corrected chi connectivity index (χ4v) is 12.9. The van der Waals surface area contributed by atoms with Crippen molar-refractivity contribution >= 4 is 8.07 Å². The van der Waals surface area contributed by atoms with Crippen molar-refractivity contribution in [2.24, 2.45) is 23.7 Å². The van der Waals surface area contributed by atoms with Gasteiger partial charge in [0.2, 0.25) is 0 Å².